The molecule has 0 aliphatic heterocycles. The quantitative estimate of drug-likeness (QED) is 0.793. The van der Waals surface area contributed by atoms with Crippen LogP contribution in [0.15, 0.2) is 0 Å². The van der Waals surface area contributed by atoms with E-state index in [1.54, 1.807) is 0 Å². The molecule has 1 aliphatic carbocycles. The third-order valence-electron chi connectivity index (χ3n) is 2.72. The lowest BCUT2D eigenvalue weighted by atomic mass is 9.77. The molecule has 0 aromatic rings. The van der Waals surface area contributed by atoms with E-state index in [-0.39, 0.29) is 18.6 Å². The second-order valence-electron chi connectivity index (χ2n) is 5.61. The molecule has 0 bridgehead atoms. The number of carbonyl (C=O) groups excluding carboxylic acids is 1. The molecule has 5 heteroatoms. The largest absolute Gasteiger partial charge is 0.481 e. The smallest absolute Gasteiger partial charge is 0.407 e. The number of hydrogen-bond acceptors (Lipinski definition) is 3. The number of amides is 1. The van der Waals surface area contributed by atoms with Crippen molar-refractivity contribution >= 4 is 12.1 Å². The molecule has 17 heavy (non-hydrogen) atoms. The van der Waals surface area contributed by atoms with E-state index in [0.29, 0.717) is 12.3 Å². The van der Waals surface area contributed by atoms with Crippen LogP contribution in [0, 0.1) is 5.92 Å². The predicted molar refractivity (Wildman–Crippen MR) is 62.8 cm³/mol. The van der Waals surface area contributed by atoms with E-state index in [1.807, 2.05) is 20.8 Å². The Kier molecular flexibility index (Phi) is 4.37. The van der Waals surface area contributed by atoms with Crippen LogP contribution in [0.2, 0.25) is 0 Å². The maximum absolute atomic E-state index is 11.4. The number of carbonyl (C=O) groups is 2. The molecule has 0 aromatic heterocycles. The highest BCUT2D eigenvalue weighted by molar-refractivity contribution is 5.68. The van der Waals surface area contributed by atoms with Crippen molar-refractivity contribution in [3.63, 3.8) is 0 Å². The topological polar surface area (TPSA) is 75.6 Å². The highest BCUT2D eigenvalue weighted by Crippen LogP contribution is 2.31. The van der Waals surface area contributed by atoms with Crippen molar-refractivity contribution in [3.05, 3.63) is 0 Å². The van der Waals surface area contributed by atoms with Crippen LogP contribution in [-0.4, -0.2) is 28.8 Å². The Morgan fingerprint density at radius 1 is 1.35 bits per heavy atom. The summed E-state index contributed by atoms with van der Waals surface area (Å²) in [4.78, 5) is 21.8. The van der Waals surface area contributed by atoms with Gasteiger partial charge in [0.25, 0.3) is 0 Å². The second-order valence-corrected chi connectivity index (χ2v) is 5.61. The molecule has 1 amide bonds. The number of ether oxygens (including phenoxy) is 1. The molecule has 1 aliphatic rings. The molecule has 2 N–H and O–H groups in total. The molecule has 1 rings (SSSR count). The molecule has 0 radical (unpaired) electrons. The Morgan fingerprint density at radius 3 is 2.41 bits per heavy atom. The summed E-state index contributed by atoms with van der Waals surface area (Å²) in [5.74, 6) is -0.334. The van der Waals surface area contributed by atoms with Gasteiger partial charge in [-0.15, -0.1) is 0 Å². The molecule has 0 spiro atoms. The van der Waals surface area contributed by atoms with Gasteiger partial charge in [0, 0.05) is 12.5 Å². The Bertz CT molecular complexity index is 289. The van der Waals surface area contributed by atoms with Gasteiger partial charge in [0.15, 0.2) is 0 Å². The van der Waals surface area contributed by atoms with E-state index in [9.17, 15) is 9.59 Å². The normalized spacial score (nSPS) is 23.7. The number of carboxylic acids is 1. The summed E-state index contributed by atoms with van der Waals surface area (Å²) in [6.07, 6.45) is 2.23. The Balaban J connectivity index is 2.13. The van der Waals surface area contributed by atoms with Crippen molar-refractivity contribution in [3.8, 4) is 0 Å². The summed E-state index contributed by atoms with van der Waals surface area (Å²) in [6.45, 7) is 5.47. The molecular formula is C12H21NO4. The Hall–Kier alpha value is -1.26. The van der Waals surface area contributed by atoms with Crippen molar-refractivity contribution in [1.29, 1.82) is 0 Å². The average Bonchev–Trinajstić information content (AvgIpc) is 2.04. The van der Waals surface area contributed by atoms with Gasteiger partial charge in [0.05, 0.1) is 0 Å². The van der Waals surface area contributed by atoms with Crippen molar-refractivity contribution in [2.75, 3.05) is 0 Å². The van der Waals surface area contributed by atoms with Crippen LogP contribution in [-0.2, 0) is 9.53 Å². The monoisotopic (exact) mass is 243 g/mol. The number of aliphatic carboxylic acids is 1. The van der Waals surface area contributed by atoms with Crippen molar-refractivity contribution in [2.24, 2.45) is 5.92 Å². The molecule has 98 valence electrons. The van der Waals surface area contributed by atoms with Gasteiger partial charge in [-0.05, 0) is 46.0 Å². The van der Waals surface area contributed by atoms with Crippen LogP contribution in [0.25, 0.3) is 0 Å². The minimum Gasteiger partial charge on any atom is -0.481 e. The summed E-state index contributed by atoms with van der Waals surface area (Å²) >= 11 is 0. The van der Waals surface area contributed by atoms with Gasteiger partial charge in [-0.25, -0.2) is 4.79 Å². The predicted octanol–water partition coefficient (Wildman–Crippen LogP) is 2.15. The fourth-order valence-electron chi connectivity index (χ4n) is 1.89. The van der Waals surface area contributed by atoms with Crippen molar-refractivity contribution in [2.45, 2.75) is 58.1 Å². The molecule has 0 aromatic carbocycles. The third kappa shape index (κ3) is 5.56. The Labute approximate surface area is 102 Å². The van der Waals surface area contributed by atoms with E-state index in [1.165, 1.54) is 0 Å². The van der Waals surface area contributed by atoms with Crippen LogP contribution in [0.4, 0.5) is 4.79 Å². The molecule has 0 unspecified atom stereocenters. The van der Waals surface area contributed by atoms with Crippen LogP contribution >= 0.6 is 0 Å². The molecule has 0 saturated heterocycles. The van der Waals surface area contributed by atoms with Gasteiger partial charge in [0.2, 0.25) is 0 Å². The lowest BCUT2D eigenvalue weighted by Gasteiger charge is -2.36. The molecule has 0 heterocycles. The van der Waals surface area contributed by atoms with Gasteiger partial charge in [0.1, 0.15) is 5.60 Å². The van der Waals surface area contributed by atoms with E-state index in [2.05, 4.69) is 5.32 Å². The fraction of sp³-hybridized carbons (Fsp3) is 0.833. The zero-order chi connectivity index (χ0) is 13.1. The summed E-state index contributed by atoms with van der Waals surface area (Å²) in [6, 6.07) is 0.142. The third-order valence-corrected chi connectivity index (χ3v) is 2.72. The standard InChI is InChI=1S/C12H21NO4/c1-12(2,3)17-11(16)13-9-6-8(7-9)4-5-10(14)15/h8-9H,4-7H2,1-3H3,(H,13,16)(H,14,15). The first-order valence-electron chi connectivity index (χ1n) is 5.97. The first-order valence-corrected chi connectivity index (χ1v) is 5.97. The van der Waals surface area contributed by atoms with E-state index < -0.39 is 11.6 Å². The van der Waals surface area contributed by atoms with Gasteiger partial charge in [-0.1, -0.05) is 0 Å². The van der Waals surface area contributed by atoms with Gasteiger partial charge in [-0.2, -0.15) is 0 Å². The van der Waals surface area contributed by atoms with Crippen LogP contribution in [0.5, 0.6) is 0 Å². The molecule has 1 saturated carbocycles. The second kappa shape index (κ2) is 5.38. The maximum atomic E-state index is 11.4. The zero-order valence-electron chi connectivity index (χ0n) is 10.7. The number of carboxylic acid groups (broad SMARTS) is 1. The van der Waals surface area contributed by atoms with Crippen LogP contribution in [0.3, 0.4) is 0 Å². The van der Waals surface area contributed by atoms with Crippen molar-refractivity contribution < 1.29 is 19.4 Å². The van der Waals surface area contributed by atoms with Gasteiger partial charge >= 0.3 is 12.1 Å². The van der Waals surface area contributed by atoms with Gasteiger partial charge in [-0.3, -0.25) is 4.79 Å². The maximum Gasteiger partial charge on any atom is 0.407 e. The summed E-state index contributed by atoms with van der Waals surface area (Å²) in [5, 5.41) is 11.3. The minimum absolute atomic E-state index is 0.142. The van der Waals surface area contributed by atoms with Crippen LogP contribution in [0.1, 0.15) is 46.5 Å². The summed E-state index contributed by atoms with van der Waals surface area (Å²) in [7, 11) is 0. The fourth-order valence-corrected chi connectivity index (χ4v) is 1.89. The average molecular weight is 243 g/mol. The molecule has 5 nitrogen and oxygen atoms in total. The van der Waals surface area contributed by atoms with E-state index >= 15 is 0 Å². The SMILES string of the molecule is CC(C)(C)OC(=O)NC1CC(CCC(=O)O)C1. The number of hydrogen-bond donors (Lipinski definition) is 2. The minimum atomic E-state index is -0.756. The molecular weight excluding hydrogens is 222 g/mol. The highest BCUT2D eigenvalue weighted by atomic mass is 16.6. The van der Waals surface area contributed by atoms with E-state index in [0.717, 1.165) is 12.8 Å². The first-order chi connectivity index (χ1) is 7.76. The summed E-state index contributed by atoms with van der Waals surface area (Å²) < 4.78 is 5.13. The zero-order valence-corrected chi connectivity index (χ0v) is 10.7. The van der Waals surface area contributed by atoms with E-state index in [4.69, 9.17) is 9.84 Å². The molecule has 0 atom stereocenters. The van der Waals surface area contributed by atoms with Gasteiger partial charge < -0.3 is 15.2 Å². The first kappa shape index (κ1) is 13.8. The van der Waals surface area contributed by atoms with Crippen molar-refractivity contribution in [1.82, 2.24) is 5.32 Å². The lowest BCUT2D eigenvalue weighted by Crippen LogP contribution is -2.46. The number of alkyl carbamates (subject to hydrolysis) is 1. The van der Waals surface area contributed by atoms with Crippen LogP contribution < -0.4 is 5.32 Å². The highest BCUT2D eigenvalue weighted by Gasteiger charge is 2.31. The lowest BCUT2D eigenvalue weighted by molar-refractivity contribution is -0.137. The molecule has 1 fully saturated rings. The summed E-state index contributed by atoms with van der Waals surface area (Å²) in [5.41, 5.74) is -0.476. The number of rotatable bonds is 4. The Morgan fingerprint density at radius 2 is 1.94 bits per heavy atom. The number of nitrogens with one attached hydrogen (secondary N) is 1.